The second-order valence-corrected chi connectivity index (χ2v) is 11.1. The van der Waals surface area contributed by atoms with Crippen LogP contribution in [0.15, 0.2) is 42.7 Å². The lowest BCUT2D eigenvalue weighted by Crippen LogP contribution is -2.36. The standard InChI is InChI=1S/C34H59N2O/c1-3-5-7-9-11-13-15-17-19-24-28-35-29-30-36(34(35)33-26-22-21-23-27-33)32-37-31-25-20-18-16-14-12-10-8-6-4-2/h21-23,26-27,29-30H,3-20,24-25,28,31-32H2,1-2H3/q+1. The van der Waals surface area contributed by atoms with Gasteiger partial charge in [0.15, 0.2) is 6.73 Å². The average Bonchev–Trinajstić information content (AvgIpc) is 3.33. The minimum atomic E-state index is 0.646. The first kappa shape index (κ1) is 31.6. The first-order chi connectivity index (χ1) is 18.4. The van der Waals surface area contributed by atoms with Gasteiger partial charge in [0.25, 0.3) is 5.82 Å². The molecule has 210 valence electrons. The van der Waals surface area contributed by atoms with Gasteiger partial charge in [0.2, 0.25) is 0 Å². The smallest absolute Gasteiger partial charge is 0.290 e. The van der Waals surface area contributed by atoms with E-state index in [-0.39, 0.29) is 0 Å². The average molecular weight is 512 g/mol. The molecule has 0 unspecified atom stereocenters. The van der Waals surface area contributed by atoms with Crippen LogP contribution in [0.2, 0.25) is 0 Å². The molecule has 0 bridgehead atoms. The number of nitrogens with zero attached hydrogens (tertiary/aromatic N) is 2. The molecule has 0 N–H and O–H groups in total. The lowest BCUT2D eigenvalue weighted by molar-refractivity contribution is -0.722. The van der Waals surface area contributed by atoms with Gasteiger partial charge in [-0.25, -0.2) is 9.13 Å². The highest BCUT2D eigenvalue weighted by molar-refractivity contribution is 5.52. The van der Waals surface area contributed by atoms with E-state index in [0.717, 1.165) is 13.2 Å². The molecule has 0 spiro atoms. The highest BCUT2D eigenvalue weighted by Gasteiger charge is 2.19. The van der Waals surface area contributed by atoms with E-state index in [1.54, 1.807) is 0 Å². The Morgan fingerprint density at radius 2 is 1.08 bits per heavy atom. The van der Waals surface area contributed by atoms with Gasteiger partial charge < -0.3 is 4.74 Å². The number of imidazole rings is 1. The van der Waals surface area contributed by atoms with E-state index in [9.17, 15) is 0 Å². The summed E-state index contributed by atoms with van der Waals surface area (Å²) in [7, 11) is 0. The van der Waals surface area contributed by atoms with Crippen molar-refractivity contribution < 1.29 is 9.30 Å². The van der Waals surface area contributed by atoms with E-state index in [0.29, 0.717) is 6.73 Å². The van der Waals surface area contributed by atoms with Gasteiger partial charge in [-0.05, 0) is 31.4 Å². The van der Waals surface area contributed by atoms with Crippen molar-refractivity contribution in [1.82, 2.24) is 4.57 Å². The maximum atomic E-state index is 6.12. The maximum absolute atomic E-state index is 6.12. The fourth-order valence-corrected chi connectivity index (χ4v) is 5.29. The summed E-state index contributed by atoms with van der Waals surface area (Å²) >= 11 is 0. The summed E-state index contributed by atoms with van der Waals surface area (Å²) in [4.78, 5) is 0. The van der Waals surface area contributed by atoms with Crippen molar-refractivity contribution in [2.75, 3.05) is 6.61 Å². The fourth-order valence-electron chi connectivity index (χ4n) is 5.29. The molecule has 0 fully saturated rings. The Hall–Kier alpha value is -1.61. The van der Waals surface area contributed by atoms with Crippen molar-refractivity contribution in [3.05, 3.63) is 42.7 Å². The molecule has 0 saturated carbocycles. The van der Waals surface area contributed by atoms with Crippen LogP contribution in [0, 0.1) is 0 Å². The summed E-state index contributed by atoms with van der Waals surface area (Å²) in [5, 5.41) is 0. The van der Waals surface area contributed by atoms with E-state index in [4.69, 9.17) is 4.74 Å². The Morgan fingerprint density at radius 3 is 1.62 bits per heavy atom. The van der Waals surface area contributed by atoms with Gasteiger partial charge in [-0.3, -0.25) is 0 Å². The van der Waals surface area contributed by atoms with Crippen LogP contribution in [0.5, 0.6) is 0 Å². The number of unbranched alkanes of at least 4 members (excludes halogenated alkanes) is 18. The molecule has 3 nitrogen and oxygen atoms in total. The van der Waals surface area contributed by atoms with Crippen LogP contribution >= 0.6 is 0 Å². The van der Waals surface area contributed by atoms with E-state index in [1.807, 2.05) is 0 Å². The third-order valence-corrected chi connectivity index (χ3v) is 7.63. The SMILES string of the molecule is CCCCCCCCCCCCOC[n+]1ccn(CCCCCCCCCCCC)c1-c1ccccc1. The molecule has 1 aromatic carbocycles. The Balaban J connectivity index is 1.65. The summed E-state index contributed by atoms with van der Waals surface area (Å²) in [5.41, 5.74) is 1.28. The molecule has 3 heteroatoms. The van der Waals surface area contributed by atoms with Gasteiger partial charge >= 0.3 is 0 Å². The zero-order chi connectivity index (χ0) is 26.2. The van der Waals surface area contributed by atoms with Crippen molar-refractivity contribution in [3.8, 4) is 11.4 Å². The second-order valence-electron chi connectivity index (χ2n) is 11.1. The van der Waals surface area contributed by atoms with Crippen molar-refractivity contribution in [2.24, 2.45) is 0 Å². The zero-order valence-corrected chi connectivity index (χ0v) is 24.6. The Labute approximate surface area is 230 Å². The van der Waals surface area contributed by atoms with E-state index in [2.05, 4.69) is 65.7 Å². The Kier molecular flexibility index (Phi) is 19.1. The lowest BCUT2D eigenvalue weighted by atomic mass is 10.1. The molecule has 0 atom stereocenters. The molecule has 2 aromatic rings. The number of rotatable bonds is 25. The van der Waals surface area contributed by atoms with Gasteiger partial charge in [0.1, 0.15) is 12.4 Å². The molecule has 0 amide bonds. The van der Waals surface area contributed by atoms with E-state index < -0.39 is 0 Å². The summed E-state index contributed by atoms with van der Waals surface area (Å²) in [5.74, 6) is 1.28. The highest BCUT2D eigenvalue weighted by atomic mass is 16.5. The molecular formula is C34H59N2O+. The van der Waals surface area contributed by atoms with Gasteiger partial charge in [0, 0.05) is 0 Å². The van der Waals surface area contributed by atoms with Crippen molar-refractivity contribution in [1.29, 1.82) is 0 Å². The van der Waals surface area contributed by atoms with Gasteiger partial charge in [-0.2, -0.15) is 0 Å². The number of hydrogen-bond acceptors (Lipinski definition) is 1. The predicted molar refractivity (Wildman–Crippen MR) is 160 cm³/mol. The van der Waals surface area contributed by atoms with Crippen LogP contribution in [0.4, 0.5) is 0 Å². The number of aromatic nitrogens is 2. The number of hydrogen-bond donors (Lipinski definition) is 0. The summed E-state index contributed by atoms with van der Waals surface area (Å²) in [6.45, 7) is 7.18. The first-order valence-corrected chi connectivity index (χ1v) is 16.1. The summed E-state index contributed by atoms with van der Waals surface area (Å²) in [6, 6.07) is 10.8. The number of aryl methyl sites for hydroxylation is 1. The third-order valence-electron chi connectivity index (χ3n) is 7.63. The maximum Gasteiger partial charge on any atom is 0.290 e. The van der Waals surface area contributed by atoms with Crippen LogP contribution in [-0.4, -0.2) is 11.2 Å². The van der Waals surface area contributed by atoms with Crippen LogP contribution in [0.1, 0.15) is 142 Å². The fraction of sp³-hybridized carbons (Fsp3) is 0.735. The largest absolute Gasteiger partial charge is 0.342 e. The van der Waals surface area contributed by atoms with Gasteiger partial charge in [0.05, 0.1) is 18.7 Å². The van der Waals surface area contributed by atoms with Crippen LogP contribution in [0.3, 0.4) is 0 Å². The minimum absolute atomic E-state index is 0.646. The van der Waals surface area contributed by atoms with Crippen molar-refractivity contribution >= 4 is 0 Å². The number of ether oxygens (including phenoxy) is 1. The predicted octanol–water partition coefficient (Wildman–Crippen LogP) is 10.3. The topological polar surface area (TPSA) is 18.0 Å². The molecule has 37 heavy (non-hydrogen) atoms. The van der Waals surface area contributed by atoms with E-state index in [1.165, 1.54) is 140 Å². The van der Waals surface area contributed by atoms with Gasteiger partial charge in [-0.15, -0.1) is 0 Å². The Morgan fingerprint density at radius 1 is 0.595 bits per heavy atom. The van der Waals surface area contributed by atoms with Crippen molar-refractivity contribution in [3.63, 3.8) is 0 Å². The Bertz CT molecular complexity index is 754. The zero-order valence-electron chi connectivity index (χ0n) is 24.6. The normalized spacial score (nSPS) is 11.4. The second kappa shape index (κ2) is 22.4. The molecule has 2 rings (SSSR count). The van der Waals surface area contributed by atoms with Crippen LogP contribution < -0.4 is 4.57 Å². The third kappa shape index (κ3) is 14.8. The summed E-state index contributed by atoms with van der Waals surface area (Å²) < 4.78 is 10.8. The molecular weight excluding hydrogens is 452 g/mol. The molecule has 0 radical (unpaired) electrons. The lowest BCUT2D eigenvalue weighted by Gasteiger charge is -2.07. The van der Waals surface area contributed by atoms with Crippen molar-refractivity contribution in [2.45, 2.75) is 156 Å². The molecule has 0 aliphatic carbocycles. The van der Waals surface area contributed by atoms with Gasteiger partial charge in [-0.1, -0.05) is 141 Å². The quantitative estimate of drug-likeness (QED) is 0.0957. The monoisotopic (exact) mass is 511 g/mol. The molecule has 0 saturated heterocycles. The molecule has 0 aliphatic heterocycles. The first-order valence-electron chi connectivity index (χ1n) is 16.1. The van der Waals surface area contributed by atoms with Crippen LogP contribution in [-0.2, 0) is 18.0 Å². The molecule has 1 heterocycles. The van der Waals surface area contributed by atoms with Crippen LogP contribution in [0.25, 0.3) is 11.4 Å². The highest BCUT2D eigenvalue weighted by Crippen LogP contribution is 2.18. The van der Waals surface area contributed by atoms with E-state index >= 15 is 0 Å². The molecule has 0 aliphatic rings. The molecule has 1 aromatic heterocycles. The number of benzene rings is 1. The minimum Gasteiger partial charge on any atom is -0.342 e. The summed E-state index contributed by atoms with van der Waals surface area (Å²) in [6.07, 6.45) is 31.9.